The van der Waals surface area contributed by atoms with Crippen molar-refractivity contribution in [1.82, 2.24) is 10.2 Å². The van der Waals surface area contributed by atoms with Gasteiger partial charge >= 0.3 is 0 Å². The van der Waals surface area contributed by atoms with Crippen molar-refractivity contribution < 1.29 is 18.0 Å². The second-order valence-electron chi connectivity index (χ2n) is 10.8. The van der Waals surface area contributed by atoms with E-state index in [2.05, 4.69) is 5.32 Å². The average molecular weight is 633 g/mol. The van der Waals surface area contributed by atoms with Crippen LogP contribution in [0.5, 0.6) is 0 Å². The molecule has 3 rings (SSSR count). The van der Waals surface area contributed by atoms with Crippen molar-refractivity contribution in [2.45, 2.75) is 77.4 Å². The molecular formula is C32H39Cl2N3O4S. The van der Waals surface area contributed by atoms with Crippen LogP contribution in [-0.4, -0.2) is 43.8 Å². The molecule has 0 radical (unpaired) electrons. The van der Waals surface area contributed by atoms with Crippen LogP contribution >= 0.6 is 23.2 Å². The molecule has 0 aliphatic heterocycles. The lowest BCUT2D eigenvalue weighted by molar-refractivity contribution is -0.139. The minimum absolute atomic E-state index is 0.0529. The Morgan fingerprint density at radius 2 is 1.45 bits per heavy atom. The molecule has 42 heavy (non-hydrogen) atoms. The van der Waals surface area contributed by atoms with Gasteiger partial charge in [0, 0.05) is 28.2 Å². The van der Waals surface area contributed by atoms with E-state index in [0.29, 0.717) is 27.7 Å². The van der Waals surface area contributed by atoms with E-state index in [1.165, 1.54) is 17.0 Å². The molecule has 0 spiro atoms. The number of rotatable bonds is 12. The number of amides is 2. The van der Waals surface area contributed by atoms with Crippen LogP contribution in [0.3, 0.4) is 0 Å². The molecule has 0 saturated carbocycles. The number of nitrogens with one attached hydrogen (secondary N) is 1. The zero-order valence-electron chi connectivity index (χ0n) is 24.9. The molecule has 226 valence electrons. The summed E-state index contributed by atoms with van der Waals surface area (Å²) in [4.78, 5) is 28.7. The number of carbonyl (C=O) groups is 2. The molecule has 10 heteroatoms. The van der Waals surface area contributed by atoms with Gasteiger partial charge in [0.1, 0.15) is 12.6 Å². The first kappa shape index (κ1) is 33.4. The van der Waals surface area contributed by atoms with E-state index >= 15 is 0 Å². The van der Waals surface area contributed by atoms with Gasteiger partial charge in [-0.25, -0.2) is 8.42 Å². The van der Waals surface area contributed by atoms with E-state index in [1.807, 2.05) is 46.8 Å². The molecule has 0 bridgehead atoms. The first-order valence-corrected chi connectivity index (χ1v) is 16.2. The predicted molar refractivity (Wildman–Crippen MR) is 171 cm³/mol. The standard InChI is InChI=1S/C32H39Cl2N3O4S/c1-7-23(5)35-32(39)24(6)36(19-28-29(33)9-8-10-30(28)34)31(38)20-37(26-15-13-25(14-16-26)21(2)3)42(40,41)27-17-11-22(4)12-18-27/h8-18,21,23-24H,7,19-20H2,1-6H3,(H,35,39)/t23-,24-/m0/s1. The molecule has 2 amide bonds. The maximum atomic E-state index is 14.1. The van der Waals surface area contributed by atoms with Gasteiger partial charge in [0.2, 0.25) is 11.8 Å². The molecule has 3 aromatic rings. The Balaban J connectivity index is 2.08. The minimum atomic E-state index is -4.16. The number of hydrogen-bond donors (Lipinski definition) is 1. The van der Waals surface area contributed by atoms with E-state index in [1.54, 1.807) is 49.4 Å². The van der Waals surface area contributed by atoms with Crippen molar-refractivity contribution in [3.63, 3.8) is 0 Å². The van der Waals surface area contributed by atoms with Gasteiger partial charge in [0.25, 0.3) is 10.0 Å². The molecule has 0 fully saturated rings. The van der Waals surface area contributed by atoms with Gasteiger partial charge in [-0.2, -0.15) is 0 Å². The maximum absolute atomic E-state index is 14.1. The van der Waals surface area contributed by atoms with Gasteiger partial charge in [0.05, 0.1) is 10.6 Å². The fourth-order valence-electron chi connectivity index (χ4n) is 4.29. The van der Waals surface area contributed by atoms with Crippen LogP contribution in [-0.2, 0) is 26.2 Å². The van der Waals surface area contributed by atoms with Crippen LogP contribution in [0.15, 0.2) is 71.6 Å². The summed E-state index contributed by atoms with van der Waals surface area (Å²) in [6.07, 6.45) is 0.706. The van der Waals surface area contributed by atoms with Gasteiger partial charge in [-0.3, -0.25) is 13.9 Å². The number of anilines is 1. The Morgan fingerprint density at radius 1 is 0.881 bits per heavy atom. The quantitative estimate of drug-likeness (QED) is 0.234. The third kappa shape index (κ3) is 8.06. The van der Waals surface area contributed by atoms with E-state index in [9.17, 15) is 18.0 Å². The lowest BCUT2D eigenvalue weighted by Gasteiger charge is -2.33. The fraction of sp³-hybridized carbons (Fsp3) is 0.375. The normalized spacial score (nSPS) is 13.0. The number of sulfonamides is 1. The molecule has 1 N–H and O–H groups in total. The third-order valence-corrected chi connectivity index (χ3v) is 9.79. The second-order valence-corrected chi connectivity index (χ2v) is 13.5. The van der Waals surface area contributed by atoms with Crippen LogP contribution in [0.25, 0.3) is 0 Å². The van der Waals surface area contributed by atoms with E-state index in [4.69, 9.17) is 23.2 Å². The highest BCUT2D eigenvalue weighted by atomic mass is 35.5. The van der Waals surface area contributed by atoms with Crippen molar-refractivity contribution in [3.05, 3.63) is 93.5 Å². The summed E-state index contributed by atoms with van der Waals surface area (Å²) >= 11 is 12.9. The van der Waals surface area contributed by atoms with E-state index in [-0.39, 0.29) is 29.3 Å². The molecular weight excluding hydrogens is 593 g/mol. The minimum Gasteiger partial charge on any atom is -0.352 e. The number of hydrogen-bond acceptors (Lipinski definition) is 4. The van der Waals surface area contributed by atoms with Gasteiger partial charge in [0.15, 0.2) is 0 Å². The third-order valence-electron chi connectivity index (χ3n) is 7.29. The molecule has 0 aliphatic carbocycles. The van der Waals surface area contributed by atoms with Crippen LogP contribution in [0.2, 0.25) is 10.0 Å². The first-order chi connectivity index (χ1) is 19.8. The number of aryl methyl sites for hydroxylation is 1. The summed E-state index contributed by atoms with van der Waals surface area (Å²) < 4.78 is 29.1. The molecule has 3 aromatic carbocycles. The van der Waals surface area contributed by atoms with Crippen LogP contribution in [0.1, 0.15) is 63.6 Å². The average Bonchev–Trinajstić information content (AvgIpc) is 2.95. The summed E-state index contributed by atoms with van der Waals surface area (Å²) in [5.41, 5.74) is 2.73. The van der Waals surface area contributed by atoms with Crippen molar-refractivity contribution in [1.29, 1.82) is 0 Å². The van der Waals surface area contributed by atoms with Crippen molar-refractivity contribution >= 4 is 50.7 Å². The zero-order valence-corrected chi connectivity index (χ0v) is 27.2. The maximum Gasteiger partial charge on any atom is 0.264 e. The van der Waals surface area contributed by atoms with Crippen molar-refractivity contribution in [3.8, 4) is 0 Å². The first-order valence-electron chi connectivity index (χ1n) is 14.0. The smallest absolute Gasteiger partial charge is 0.264 e. The summed E-state index contributed by atoms with van der Waals surface area (Å²) in [5, 5.41) is 3.58. The number of halogens is 2. The summed E-state index contributed by atoms with van der Waals surface area (Å²) in [7, 11) is -4.16. The van der Waals surface area contributed by atoms with Gasteiger partial charge in [-0.1, -0.05) is 79.9 Å². The van der Waals surface area contributed by atoms with E-state index < -0.39 is 28.5 Å². The summed E-state index contributed by atoms with van der Waals surface area (Å²) in [6, 6.07) is 17.5. The van der Waals surface area contributed by atoms with Crippen molar-refractivity contribution in [2.75, 3.05) is 10.8 Å². The lowest BCUT2D eigenvalue weighted by atomic mass is 10.0. The Kier molecular flexibility index (Phi) is 11.5. The molecule has 2 atom stereocenters. The van der Waals surface area contributed by atoms with Crippen LogP contribution in [0.4, 0.5) is 5.69 Å². The van der Waals surface area contributed by atoms with Crippen LogP contribution < -0.4 is 9.62 Å². The van der Waals surface area contributed by atoms with Gasteiger partial charge in [-0.05, 0) is 75.1 Å². The summed E-state index contributed by atoms with van der Waals surface area (Å²) in [5.74, 6) is -0.708. The Morgan fingerprint density at radius 3 is 1.98 bits per heavy atom. The second kappa shape index (κ2) is 14.4. The molecule has 0 heterocycles. The zero-order chi connectivity index (χ0) is 31.2. The number of benzene rings is 3. The summed E-state index contributed by atoms with van der Waals surface area (Å²) in [6.45, 7) is 10.8. The lowest BCUT2D eigenvalue weighted by Crippen LogP contribution is -2.52. The van der Waals surface area contributed by atoms with E-state index in [0.717, 1.165) is 15.4 Å². The number of nitrogens with zero attached hydrogens (tertiary/aromatic N) is 2. The van der Waals surface area contributed by atoms with Crippen LogP contribution in [0, 0.1) is 6.92 Å². The van der Waals surface area contributed by atoms with Crippen molar-refractivity contribution in [2.24, 2.45) is 0 Å². The Bertz CT molecular complexity index is 1470. The molecule has 0 unspecified atom stereocenters. The largest absolute Gasteiger partial charge is 0.352 e. The number of carbonyl (C=O) groups excluding carboxylic acids is 2. The molecule has 7 nitrogen and oxygen atoms in total. The molecule has 0 aromatic heterocycles. The monoisotopic (exact) mass is 631 g/mol. The Hall–Kier alpha value is -3.07. The Labute approximate surface area is 259 Å². The SMILES string of the molecule is CC[C@H](C)NC(=O)[C@H](C)N(Cc1c(Cl)cccc1Cl)C(=O)CN(c1ccc(C(C)C)cc1)S(=O)(=O)c1ccc(C)cc1. The highest BCUT2D eigenvalue weighted by Crippen LogP contribution is 2.29. The predicted octanol–water partition coefficient (Wildman–Crippen LogP) is 6.95. The highest BCUT2D eigenvalue weighted by Gasteiger charge is 2.33. The van der Waals surface area contributed by atoms with Gasteiger partial charge in [-0.15, -0.1) is 0 Å². The molecule has 0 saturated heterocycles. The van der Waals surface area contributed by atoms with Gasteiger partial charge < -0.3 is 10.2 Å². The fourth-order valence-corrected chi connectivity index (χ4v) is 6.22. The highest BCUT2D eigenvalue weighted by molar-refractivity contribution is 7.92. The topological polar surface area (TPSA) is 86.8 Å². The molecule has 0 aliphatic rings.